The van der Waals surface area contributed by atoms with Crippen molar-refractivity contribution < 1.29 is 18.7 Å². The summed E-state index contributed by atoms with van der Waals surface area (Å²) in [6, 6.07) is 9.33. The zero-order valence-corrected chi connectivity index (χ0v) is 16.2. The quantitative estimate of drug-likeness (QED) is 0.577. The van der Waals surface area contributed by atoms with Crippen molar-refractivity contribution in [3.63, 3.8) is 0 Å². The number of aryl methyl sites for hydroxylation is 1. The molecule has 2 aromatic rings. The van der Waals surface area contributed by atoms with Crippen LogP contribution in [0.2, 0.25) is 5.02 Å². The Balaban J connectivity index is 0.00000151. The molecular formula is C20H24ClFO3. The highest BCUT2D eigenvalue weighted by molar-refractivity contribution is 6.30. The summed E-state index contributed by atoms with van der Waals surface area (Å²) in [4.78, 5) is 12.0. The average Bonchev–Trinajstić information content (AvgIpc) is 2.53. The maximum Gasteiger partial charge on any atom is 0.341 e. The monoisotopic (exact) mass is 366 g/mol. The van der Waals surface area contributed by atoms with Crippen LogP contribution >= 0.6 is 11.6 Å². The molecule has 0 amide bonds. The number of ether oxygens (including phenoxy) is 2. The largest absolute Gasteiger partial charge is 0.457 e. The van der Waals surface area contributed by atoms with Gasteiger partial charge in [-0.2, -0.15) is 0 Å². The molecule has 0 bridgehead atoms. The van der Waals surface area contributed by atoms with Crippen LogP contribution in [0.25, 0.3) is 0 Å². The maximum atomic E-state index is 14.2. The van der Waals surface area contributed by atoms with E-state index in [1.165, 1.54) is 12.1 Å². The Morgan fingerprint density at radius 3 is 2.16 bits per heavy atom. The number of halogens is 2. The molecule has 0 aliphatic carbocycles. The van der Waals surface area contributed by atoms with Crippen LogP contribution in [0.4, 0.5) is 4.39 Å². The fourth-order valence-electron chi connectivity index (χ4n) is 1.89. The van der Waals surface area contributed by atoms with Crippen LogP contribution in [0.15, 0.2) is 36.4 Å². The van der Waals surface area contributed by atoms with E-state index in [9.17, 15) is 9.18 Å². The van der Waals surface area contributed by atoms with Gasteiger partial charge in [0.1, 0.15) is 22.9 Å². The zero-order valence-electron chi connectivity index (χ0n) is 15.4. The van der Waals surface area contributed by atoms with Crippen molar-refractivity contribution >= 4 is 17.6 Å². The normalized spacial score (nSPS) is 10.6. The second-order valence-corrected chi connectivity index (χ2v) is 6.59. The Bertz CT molecular complexity index is 719. The van der Waals surface area contributed by atoms with Gasteiger partial charge in [-0.1, -0.05) is 25.4 Å². The second-order valence-electron chi connectivity index (χ2n) is 6.16. The lowest BCUT2D eigenvalue weighted by atomic mass is 10.1. The number of hydrogen-bond acceptors (Lipinski definition) is 3. The predicted octanol–water partition coefficient (Wildman–Crippen LogP) is 6.56. The topological polar surface area (TPSA) is 35.5 Å². The molecule has 0 atom stereocenters. The maximum absolute atomic E-state index is 14.2. The minimum Gasteiger partial charge on any atom is -0.457 e. The molecule has 2 aromatic carbocycles. The lowest BCUT2D eigenvalue weighted by molar-refractivity contribution is 0.00646. The van der Waals surface area contributed by atoms with E-state index in [1.54, 1.807) is 52.0 Å². The molecular weight excluding hydrogens is 343 g/mol. The number of carbonyl (C=O) groups is 1. The number of carbonyl (C=O) groups excluding carboxylic acids is 1. The molecule has 0 saturated heterocycles. The molecule has 2 rings (SSSR count). The van der Waals surface area contributed by atoms with Crippen molar-refractivity contribution in [2.24, 2.45) is 0 Å². The minimum atomic E-state index is -0.698. The number of hydrogen-bond donors (Lipinski definition) is 0. The highest BCUT2D eigenvalue weighted by atomic mass is 35.5. The van der Waals surface area contributed by atoms with Crippen LogP contribution in [0.3, 0.4) is 0 Å². The fourth-order valence-corrected chi connectivity index (χ4v) is 2.02. The van der Waals surface area contributed by atoms with E-state index < -0.39 is 17.4 Å². The van der Waals surface area contributed by atoms with Crippen LogP contribution in [0.5, 0.6) is 11.5 Å². The van der Waals surface area contributed by atoms with Gasteiger partial charge in [0, 0.05) is 11.1 Å². The highest BCUT2D eigenvalue weighted by Crippen LogP contribution is 2.29. The molecule has 25 heavy (non-hydrogen) atoms. The van der Waals surface area contributed by atoms with E-state index in [-0.39, 0.29) is 5.56 Å². The highest BCUT2D eigenvalue weighted by Gasteiger charge is 2.22. The van der Waals surface area contributed by atoms with Crippen molar-refractivity contribution in [1.29, 1.82) is 0 Å². The van der Waals surface area contributed by atoms with Gasteiger partial charge in [0.15, 0.2) is 0 Å². The molecule has 5 heteroatoms. The Kier molecular flexibility index (Phi) is 7.43. The Morgan fingerprint density at radius 2 is 1.64 bits per heavy atom. The molecule has 0 unspecified atom stereocenters. The van der Waals surface area contributed by atoms with Gasteiger partial charge in [-0.05, 0) is 63.6 Å². The summed E-state index contributed by atoms with van der Waals surface area (Å²) in [6.07, 6.45) is 0. The van der Waals surface area contributed by atoms with Gasteiger partial charge < -0.3 is 9.47 Å². The van der Waals surface area contributed by atoms with Crippen LogP contribution in [0, 0.1) is 12.7 Å². The molecule has 0 fully saturated rings. The lowest BCUT2D eigenvalue weighted by Crippen LogP contribution is -2.24. The average molecular weight is 367 g/mol. The van der Waals surface area contributed by atoms with E-state index >= 15 is 0 Å². The van der Waals surface area contributed by atoms with E-state index in [2.05, 4.69) is 0 Å². The number of benzene rings is 2. The van der Waals surface area contributed by atoms with Crippen LogP contribution in [-0.2, 0) is 4.74 Å². The third-order valence-corrected chi connectivity index (χ3v) is 3.18. The van der Waals surface area contributed by atoms with E-state index in [0.29, 0.717) is 22.1 Å². The van der Waals surface area contributed by atoms with E-state index in [4.69, 9.17) is 21.1 Å². The van der Waals surface area contributed by atoms with Crippen LogP contribution in [-0.4, -0.2) is 11.6 Å². The first-order valence-electron chi connectivity index (χ1n) is 8.12. The third-order valence-electron chi connectivity index (χ3n) is 2.92. The van der Waals surface area contributed by atoms with Gasteiger partial charge in [-0.3, -0.25) is 0 Å². The van der Waals surface area contributed by atoms with Crippen LogP contribution < -0.4 is 4.74 Å². The number of rotatable bonds is 3. The van der Waals surface area contributed by atoms with Gasteiger partial charge in [0.2, 0.25) is 0 Å². The Hall–Kier alpha value is -2.07. The first-order chi connectivity index (χ1) is 11.7. The second kappa shape index (κ2) is 8.86. The van der Waals surface area contributed by atoms with Gasteiger partial charge in [-0.25, -0.2) is 9.18 Å². The van der Waals surface area contributed by atoms with Crippen molar-refractivity contribution in [3.8, 4) is 11.5 Å². The number of esters is 1. The Labute approximate surface area is 153 Å². The zero-order chi connectivity index (χ0) is 19.2. The van der Waals surface area contributed by atoms with Crippen LogP contribution in [0.1, 0.15) is 50.5 Å². The summed E-state index contributed by atoms with van der Waals surface area (Å²) >= 11 is 5.81. The van der Waals surface area contributed by atoms with Crippen molar-refractivity contribution in [2.75, 3.05) is 0 Å². The predicted molar refractivity (Wildman–Crippen MR) is 99.2 cm³/mol. The molecule has 0 radical (unpaired) electrons. The minimum absolute atomic E-state index is 0.110. The smallest absolute Gasteiger partial charge is 0.341 e. The summed E-state index contributed by atoms with van der Waals surface area (Å²) in [7, 11) is 0. The molecule has 136 valence electrons. The van der Waals surface area contributed by atoms with E-state index in [1.807, 2.05) is 13.8 Å². The molecule has 0 aliphatic rings. The molecule has 0 aliphatic heterocycles. The molecule has 0 aromatic heterocycles. The Morgan fingerprint density at radius 1 is 1.08 bits per heavy atom. The van der Waals surface area contributed by atoms with Gasteiger partial charge in [0.05, 0.1) is 5.56 Å². The molecule has 3 nitrogen and oxygen atoms in total. The summed E-state index contributed by atoms with van der Waals surface area (Å²) < 4.78 is 25.0. The van der Waals surface area contributed by atoms with Crippen molar-refractivity contribution in [2.45, 2.75) is 47.1 Å². The lowest BCUT2D eigenvalue weighted by Gasteiger charge is -2.20. The SMILES string of the molecule is CC.Cc1cc(C(=O)OC(C)(C)C)c(F)cc1Oc1ccc(Cl)cc1. The molecule has 0 N–H and O–H groups in total. The van der Waals surface area contributed by atoms with Gasteiger partial charge in [-0.15, -0.1) is 0 Å². The van der Waals surface area contributed by atoms with E-state index in [0.717, 1.165) is 0 Å². The third kappa shape index (κ3) is 6.39. The molecule has 0 saturated carbocycles. The molecule has 0 heterocycles. The van der Waals surface area contributed by atoms with Gasteiger partial charge in [0.25, 0.3) is 0 Å². The summed E-state index contributed by atoms with van der Waals surface area (Å²) in [5, 5.41) is 0.584. The molecule has 0 spiro atoms. The summed E-state index contributed by atoms with van der Waals surface area (Å²) in [5.41, 5.74) is -0.168. The first-order valence-corrected chi connectivity index (χ1v) is 8.50. The standard InChI is InChI=1S/C18H18ClFO3.C2H6/c1-11-9-14(17(21)23-18(2,3)4)15(20)10-16(11)22-13-7-5-12(19)6-8-13;1-2/h5-10H,1-4H3;1-2H3. The summed E-state index contributed by atoms with van der Waals surface area (Å²) in [5.74, 6) is -0.524. The first kappa shape index (κ1) is 21.0. The summed E-state index contributed by atoms with van der Waals surface area (Å²) in [6.45, 7) is 10.9. The van der Waals surface area contributed by atoms with Gasteiger partial charge >= 0.3 is 5.97 Å². The fraction of sp³-hybridized carbons (Fsp3) is 0.350. The van der Waals surface area contributed by atoms with Crippen molar-refractivity contribution in [3.05, 3.63) is 58.4 Å². The van der Waals surface area contributed by atoms with Crippen molar-refractivity contribution in [1.82, 2.24) is 0 Å².